The Morgan fingerprint density at radius 2 is 1.97 bits per heavy atom. The molecule has 1 aliphatic heterocycles. The lowest BCUT2D eigenvalue weighted by Gasteiger charge is -2.18. The number of hydrogen-bond acceptors (Lipinski definition) is 4. The molecule has 3 amide bonds. The molecule has 31 heavy (non-hydrogen) atoms. The minimum absolute atomic E-state index is 0.0215. The molecule has 1 N–H and O–H groups in total. The number of carbonyl (C=O) groups is 2. The fourth-order valence-electron chi connectivity index (χ4n) is 3.21. The van der Waals surface area contributed by atoms with E-state index in [1.165, 1.54) is 4.90 Å². The predicted octanol–water partition coefficient (Wildman–Crippen LogP) is 5.32. The second kappa shape index (κ2) is 9.88. The van der Waals surface area contributed by atoms with Crippen LogP contribution in [-0.2, 0) is 11.3 Å². The summed E-state index contributed by atoms with van der Waals surface area (Å²) >= 11 is 6.46. The van der Waals surface area contributed by atoms with Gasteiger partial charge in [0, 0.05) is 0 Å². The number of benzene rings is 2. The van der Waals surface area contributed by atoms with Gasteiger partial charge >= 0.3 is 6.03 Å². The molecule has 0 bridgehead atoms. The van der Waals surface area contributed by atoms with E-state index in [2.05, 4.69) is 5.32 Å². The molecule has 0 saturated carbocycles. The number of rotatable bonds is 8. The molecule has 3 rings (SSSR count). The molecule has 2 aromatic carbocycles. The van der Waals surface area contributed by atoms with Gasteiger partial charge in [-0.25, -0.2) is 4.79 Å². The normalized spacial score (nSPS) is 15.9. The lowest BCUT2D eigenvalue weighted by atomic mass is 10.1. The molecule has 1 atom stereocenters. The molecule has 0 spiro atoms. The molecule has 164 valence electrons. The number of nitrogens with one attached hydrogen (secondary N) is 1. The first-order valence-corrected chi connectivity index (χ1v) is 10.7. The highest BCUT2D eigenvalue weighted by atomic mass is 35.5. The summed E-state index contributed by atoms with van der Waals surface area (Å²) in [5.41, 5.74) is 2.77. The zero-order valence-corrected chi connectivity index (χ0v) is 19.0. The minimum atomic E-state index is -0.453. The van der Waals surface area contributed by atoms with Gasteiger partial charge in [-0.2, -0.15) is 0 Å². The zero-order chi connectivity index (χ0) is 22.5. The van der Waals surface area contributed by atoms with Crippen LogP contribution in [0.2, 0.25) is 5.02 Å². The van der Waals surface area contributed by atoms with Crippen LogP contribution in [0.1, 0.15) is 43.9 Å². The summed E-state index contributed by atoms with van der Waals surface area (Å²) in [6.45, 7) is 8.46. The van der Waals surface area contributed by atoms with Crippen molar-refractivity contribution in [1.82, 2.24) is 10.2 Å². The highest BCUT2D eigenvalue weighted by Crippen LogP contribution is 2.38. The molecule has 0 aliphatic carbocycles. The fourth-order valence-corrected chi connectivity index (χ4v) is 3.47. The fraction of sp³-hybridized carbons (Fsp3) is 0.333. The molecule has 7 heteroatoms. The molecule has 6 nitrogen and oxygen atoms in total. The second-order valence-electron chi connectivity index (χ2n) is 7.47. The summed E-state index contributed by atoms with van der Waals surface area (Å²) in [7, 11) is 0. The minimum Gasteiger partial charge on any atom is -0.490 e. The van der Waals surface area contributed by atoms with Gasteiger partial charge in [-0.3, -0.25) is 9.69 Å². The first kappa shape index (κ1) is 22.7. The average Bonchev–Trinajstić information content (AvgIpc) is 2.98. The van der Waals surface area contributed by atoms with E-state index in [9.17, 15) is 9.59 Å². The Balaban J connectivity index is 1.87. The maximum Gasteiger partial charge on any atom is 0.329 e. The third-order valence-electron chi connectivity index (χ3n) is 4.92. The highest BCUT2D eigenvalue weighted by molar-refractivity contribution is 6.32. The van der Waals surface area contributed by atoms with Gasteiger partial charge in [-0.1, -0.05) is 48.4 Å². The van der Waals surface area contributed by atoms with Crippen molar-refractivity contribution in [2.24, 2.45) is 0 Å². The van der Waals surface area contributed by atoms with Crippen LogP contribution in [-0.4, -0.2) is 29.5 Å². The van der Waals surface area contributed by atoms with E-state index in [0.717, 1.165) is 17.5 Å². The number of nitrogens with zero attached hydrogens (tertiary/aromatic N) is 1. The van der Waals surface area contributed by atoms with Crippen LogP contribution in [0.15, 0.2) is 42.1 Å². The molecule has 0 unspecified atom stereocenters. The van der Waals surface area contributed by atoms with Gasteiger partial charge in [-0.15, -0.1) is 0 Å². The van der Waals surface area contributed by atoms with E-state index in [0.29, 0.717) is 28.7 Å². The summed E-state index contributed by atoms with van der Waals surface area (Å²) in [4.78, 5) is 26.4. The van der Waals surface area contributed by atoms with Crippen molar-refractivity contribution in [3.05, 3.63) is 63.8 Å². The molecule has 1 saturated heterocycles. The molecular formula is C24H27ClN2O4. The van der Waals surface area contributed by atoms with Gasteiger partial charge in [0.05, 0.1) is 24.3 Å². The maximum absolute atomic E-state index is 12.8. The Morgan fingerprint density at radius 3 is 2.65 bits per heavy atom. The van der Waals surface area contributed by atoms with Crippen molar-refractivity contribution in [3.63, 3.8) is 0 Å². The van der Waals surface area contributed by atoms with Gasteiger partial charge in [0.15, 0.2) is 11.5 Å². The van der Waals surface area contributed by atoms with Crippen molar-refractivity contribution in [2.75, 3.05) is 6.61 Å². The quantitative estimate of drug-likeness (QED) is 0.444. The summed E-state index contributed by atoms with van der Waals surface area (Å²) in [6, 6.07) is 10.7. The largest absolute Gasteiger partial charge is 0.490 e. The third kappa shape index (κ3) is 5.39. The van der Waals surface area contributed by atoms with Gasteiger partial charge in [0.25, 0.3) is 5.91 Å². The standard InChI is InChI=1S/C24H27ClN2O4/c1-5-16(4)31-22-19(25)11-18(13-21(22)30-6-2)12-20-23(28)27(24(29)26-20)14-17-9-7-8-15(3)10-17/h7-13,16H,5-6,14H2,1-4H3,(H,26,29)/b20-12+/t16-/m1/s1. The molecular weight excluding hydrogens is 416 g/mol. The first-order valence-electron chi connectivity index (χ1n) is 10.4. The van der Waals surface area contributed by atoms with E-state index in [4.69, 9.17) is 21.1 Å². The number of halogens is 1. The van der Waals surface area contributed by atoms with E-state index >= 15 is 0 Å². The molecule has 1 fully saturated rings. The third-order valence-corrected chi connectivity index (χ3v) is 5.20. The Hall–Kier alpha value is -2.99. The Morgan fingerprint density at radius 1 is 1.19 bits per heavy atom. The predicted molar refractivity (Wildman–Crippen MR) is 121 cm³/mol. The number of hydrogen-bond donors (Lipinski definition) is 1. The number of aryl methyl sites for hydroxylation is 1. The van der Waals surface area contributed by atoms with Crippen molar-refractivity contribution < 1.29 is 19.1 Å². The Labute approximate surface area is 187 Å². The number of amides is 3. The average molecular weight is 443 g/mol. The SMILES string of the molecule is CCOc1cc(/C=C2/NC(=O)N(Cc3cccc(C)c3)C2=O)cc(Cl)c1O[C@H](C)CC. The van der Waals surface area contributed by atoms with Crippen molar-refractivity contribution in [3.8, 4) is 11.5 Å². The van der Waals surface area contributed by atoms with Gasteiger partial charge < -0.3 is 14.8 Å². The van der Waals surface area contributed by atoms with Crippen LogP contribution in [0.25, 0.3) is 6.08 Å². The van der Waals surface area contributed by atoms with Crippen molar-refractivity contribution in [1.29, 1.82) is 0 Å². The van der Waals surface area contributed by atoms with Crippen LogP contribution < -0.4 is 14.8 Å². The topological polar surface area (TPSA) is 67.9 Å². The maximum atomic E-state index is 12.8. The smallest absolute Gasteiger partial charge is 0.329 e. The number of urea groups is 1. The van der Waals surface area contributed by atoms with Gasteiger partial charge in [0.2, 0.25) is 0 Å². The summed E-state index contributed by atoms with van der Waals surface area (Å²) in [6.07, 6.45) is 2.40. The molecule has 1 heterocycles. The van der Waals surface area contributed by atoms with Crippen molar-refractivity contribution in [2.45, 2.75) is 46.8 Å². The van der Waals surface area contributed by atoms with Gasteiger partial charge in [-0.05, 0) is 56.5 Å². The first-order chi connectivity index (χ1) is 14.8. The summed E-state index contributed by atoms with van der Waals surface area (Å²) in [5.74, 6) is 0.582. The van der Waals surface area contributed by atoms with Crippen molar-refractivity contribution >= 4 is 29.6 Å². The van der Waals surface area contributed by atoms with Crippen LogP contribution >= 0.6 is 11.6 Å². The van der Waals surface area contributed by atoms with Gasteiger partial charge in [0.1, 0.15) is 5.70 Å². The molecule has 0 radical (unpaired) electrons. The lowest BCUT2D eigenvalue weighted by Crippen LogP contribution is -2.30. The second-order valence-corrected chi connectivity index (χ2v) is 7.88. The number of ether oxygens (including phenoxy) is 2. The van der Waals surface area contributed by atoms with Crippen LogP contribution in [0.3, 0.4) is 0 Å². The molecule has 2 aromatic rings. The Bertz CT molecular complexity index is 1020. The van der Waals surface area contributed by atoms with Crippen LogP contribution in [0.4, 0.5) is 4.79 Å². The van der Waals surface area contributed by atoms with Crippen LogP contribution in [0.5, 0.6) is 11.5 Å². The summed E-state index contributed by atoms with van der Waals surface area (Å²) < 4.78 is 11.6. The van der Waals surface area contributed by atoms with E-state index in [1.54, 1.807) is 18.2 Å². The van der Waals surface area contributed by atoms with E-state index in [1.807, 2.05) is 52.0 Å². The molecule has 1 aliphatic rings. The number of carbonyl (C=O) groups excluding carboxylic acids is 2. The monoisotopic (exact) mass is 442 g/mol. The zero-order valence-electron chi connectivity index (χ0n) is 18.2. The Kier molecular flexibility index (Phi) is 7.23. The van der Waals surface area contributed by atoms with Crippen LogP contribution in [0, 0.1) is 6.92 Å². The highest BCUT2D eigenvalue weighted by Gasteiger charge is 2.33. The number of imide groups is 1. The van der Waals surface area contributed by atoms with E-state index in [-0.39, 0.29) is 24.3 Å². The lowest BCUT2D eigenvalue weighted by molar-refractivity contribution is -0.123. The molecule has 0 aromatic heterocycles. The summed E-state index contributed by atoms with van der Waals surface area (Å²) in [5, 5.41) is 3.03. The van der Waals surface area contributed by atoms with E-state index < -0.39 is 6.03 Å².